The first-order chi connectivity index (χ1) is 7.79. The lowest BCUT2D eigenvalue weighted by atomic mass is 10.3. The van der Waals surface area contributed by atoms with Crippen LogP contribution in [-0.2, 0) is 11.2 Å². The Labute approximate surface area is 91.6 Å². The molecular weight excluding hydrogens is 210 g/mol. The number of aromatic nitrogens is 2. The van der Waals surface area contributed by atoms with E-state index in [0.717, 1.165) is 0 Å². The second-order valence-electron chi connectivity index (χ2n) is 3.16. The van der Waals surface area contributed by atoms with E-state index in [0.29, 0.717) is 30.3 Å². The van der Waals surface area contributed by atoms with Gasteiger partial charge in [0.05, 0.1) is 6.26 Å². The molecule has 0 radical (unpaired) electrons. The highest BCUT2D eigenvalue weighted by atomic mass is 16.5. The van der Waals surface area contributed by atoms with Crippen molar-refractivity contribution >= 4 is 5.91 Å². The molecule has 0 aliphatic carbocycles. The van der Waals surface area contributed by atoms with Gasteiger partial charge in [-0.1, -0.05) is 5.16 Å². The molecule has 0 unspecified atom stereocenters. The Kier molecular flexibility index (Phi) is 3.00. The Balaban J connectivity index is 2.00. The van der Waals surface area contributed by atoms with Crippen LogP contribution in [0.15, 0.2) is 27.3 Å². The van der Waals surface area contributed by atoms with Gasteiger partial charge in [0, 0.05) is 19.9 Å². The Morgan fingerprint density at radius 2 is 2.44 bits per heavy atom. The molecular formula is C10H11N3O3. The number of hydrogen-bond donors (Lipinski definition) is 1. The minimum atomic E-state index is -0.0576. The Bertz CT molecular complexity index is 461. The van der Waals surface area contributed by atoms with Crippen LogP contribution in [0, 0.1) is 0 Å². The molecule has 1 N–H and O–H groups in total. The molecule has 6 heteroatoms. The number of nitrogens with one attached hydrogen (secondary N) is 1. The van der Waals surface area contributed by atoms with Crippen molar-refractivity contribution in [3.63, 3.8) is 0 Å². The van der Waals surface area contributed by atoms with E-state index in [-0.39, 0.29) is 5.91 Å². The molecule has 84 valence electrons. The van der Waals surface area contributed by atoms with Crippen molar-refractivity contribution < 1.29 is 13.7 Å². The molecule has 2 rings (SSSR count). The molecule has 6 nitrogen and oxygen atoms in total. The SMILES string of the molecule is CNC(=O)CCc1nc(-c2ccco2)no1. The third-order valence-corrected chi connectivity index (χ3v) is 2.05. The van der Waals surface area contributed by atoms with Gasteiger partial charge in [0.2, 0.25) is 17.6 Å². The zero-order chi connectivity index (χ0) is 11.4. The summed E-state index contributed by atoms with van der Waals surface area (Å²) >= 11 is 0. The number of carbonyl (C=O) groups is 1. The van der Waals surface area contributed by atoms with Gasteiger partial charge in [0.1, 0.15) is 0 Å². The lowest BCUT2D eigenvalue weighted by molar-refractivity contribution is -0.120. The first kappa shape index (κ1) is 10.4. The van der Waals surface area contributed by atoms with E-state index in [2.05, 4.69) is 15.5 Å². The van der Waals surface area contributed by atoms with Crippen LogP contribution in [-0.4, -0.2) is 23.1 Å². The molecule has 0 bridgehead atoms. The lowest BCUT2D eigenvalue weighted by Gasteiger charge is -1.94. The molecule has 2 heterocycles. The maximum absolute atomic E-state index is 11.0. The number of carbonyl (C=O) groups excluding carboxylic acids is 1. The van der Waals surface area contributed by atoms with Gasteiger partial charge in [-0.25, -0.2) is 0 Å². The average Bonchev–Trinajstić information content (AvgIpc) is 2.95. The summed E-state index contributed by atoms with van der Waals surface area (Å²) in [7, 11) is 1.59. The Morgan fingerprint density at radius 1 is 1.56 bits per heavy atom. The van der Waals surface area contributed by atoms with E-state index in [4.69, 9.17) is 8.94 Å². The number of rotatable bonds is 4. The zero-order valence-electron chi connectivity index (χ0n) is 8.77. The minimum absolute atomic E-state index is 0.0576. The highest BCUT2D eigenvalue weighted by Gasteiger charge is 2.11. The fraction of sp³-hybridized carbons (Fsp3) is 0.300. The van der Waals surface area contributed by atoms with Crippen LogP contribution in [0.3, 0.4) is 0 Å². The van der Waals surface area contributed by atoms with Gasteiger partial charge in [-0.15, -0.1) is 0 Å². The summed E-state index contributed by atoms with van der Waals surface area (Å²) in [6, 6.07) is 3.49. The monoisotopic (exact) mass is 221 g/mol. The first-order valence-electron chi connectivity index (χ1n) is 4.86. The number of aryl methyl sites for hydroxylation is 1. The molecule has 0 fully saturated rings. The molecule has 0 aromatic carbocycles. The number of amides is 1. The van der Waals surface area contributed by atoms with Gasteiger partial charge in [0.25, 0.3) is 0 Å². The first-order valence-corrected chi connectivity index (χ1v) is 4.86. The molecule has 16 heavy (non-hydrogen) atoms. The second-order valence-corrected chi connectivity index (χ2v) is 3.16. The molecule has 2 aromatic rings. The second kappa shape index (κ2) is 4.61. The smallest absolute Gasteiger partial charge is 0.238 e. The predicted octanol–water partition coefficient (Wildman–Crippen LogP) is 1.01. The summed E-state index contributed by atoms with van der Waals surface area (Å²) in [6.45, 7) is 0. The van der Waals surface area contributed by atoms with Crippen LogP contribution < -0.4 is 5.32 Å². The van der Waals surface area contributed by atoms with Crippen LogP contribution in [0.25, 0.3) is 11.6 Å². The largest absolute Gasteiger partial charge is 0.461 e. The Morgan fingerprint density at radius 3 is 3.12 bits per heavy atom. The summed E-state index contributed by atoms with van der Waals surface area (Å²) in [5.74, 6) is 1.32. The van der Waals surface area contributed by atoms with E-state index < -0.39 is 0 Å². The van der Waals surface area contributed by atoms with Crippen molar-refractivity contribution in [3.05, 3.63) is 24.3 Å². The van der Waals surface area contributed by atoms with Gasteiger partial charge in [-0.2, -0.15) is 4.98 Å². The maximum Gasteiger partial charge on any atom is 0.238 e. The van der Waals surface area contributed by atoms with Crippen molar-refractivity contribution in [3.8, 4) is 11.6 Å². The van der Waals surface area contributed by atoms with Gasteiger partial charge >= 0.3 is 0 Å². The van der Waals surface area contributed by atoms with Crippen molar-refractivity contribution in [1.29, 1.82) is 0 Å². The topological polar surface area (TPSA) is 81.2 Å². The van der Waals surface area contributed by atoms with Gasteiger partial charge in [-0.05, 0) is 12.1 Å². The Hall–Kier alpha value is -2.11. The van der Waals surface area contributed by atoms with E-state index in [1.165, 1.54) is 6.26 Å². The highest BCUT2D eigenvalue weighted by molar-refractivity contribution is 5.75. The molecule has 0 atom stereocenters. The number of hydrogen-bond acceptors (Lipinski definition) is 5. The van der Waals surface area contributed by atoms with Gasteiger partial charge < -0.3 is 14.3 Å². The summed E-state index contributed by atoms with van der Waals surface area (Å²) in [5, 5.41) is 6.27. The molecule has 0 saturated carbocycles. The quantitative estimate of drug-likeness (QED) is 0.833. The van der Waals surface area contributed by atoms with Crippen LogP contribution in [0.5, 0.6) is 0 Å². The molecule has 2 aromatic heterocycles. The van der Waals surface area contributed by atoms with E-state index in [1.54, 1.807) is 19.2 Å². The van der Waals surface area contributed by atoms with Crippen molar-refractivity contribution in [2.75, 3.05) is 7.05 Å². The zero-order valence-corrected chi connectivity index (χ0v) is 8.77. The fourth-order valence-electron chi connectivity index (χ4n) is 1.21. The third-order valence-electron chi connectivity index (χ3n) is 2.05. The summed E-state index contributed by atoms with van der Waals surface area (Å²) in [6.07, 6.45) is 2.29. The summed E-state index contributed by atoms with van der Waals surface area (Å²) in [4.78, 5) is 15.1. The molecule has 0 saturated heterocycles. The predicted molar refractivity (Wildman–Crippen MR) is 54.4 cm³/mol. The number of nitrogens with zero attached hydrogens (tertiary/aromatic N) is 2. The van der Waals surface area contributed by atoms with Crippen LogP contribution in [0.2, 0.25) is 0 Å². The van der Waals surface area contributed by atoms with Crippen molar-refractivity contribution in [2.45, 2.75) is 12.8 Å². The van der Waals surface area contributed by atoms with Crippen LogP contribution >= 0.6 is 0 Å². The summed E-state index contributed by atoms with van der Waals surface area (Å²) in [5.41, 5.74) is 0. The highest BCUT2D eigenvalue weighted by Crippen LogP contribution is 2.16. The maximum atomic E-state index is 11.0. The fourth-order valence-corrected chi connectivity index (χ4v) is 1.21. The third kappa shape index (κ3) is 2.28. The van der Waals surface area contributed by atoms with E-state index >= 15 is 0 Å². The van der Waals surface area contributed by atoms with Crippen molar-refractivity contribution in [2.24, 2.45) is 0 Å². The van der Waals surface area contributed by atoms with E-state index in [9.17, 15) is 4.79 Å². The normalized spacial score (nSPS) is 10.3. The minimum Gasteiger partial charge on any atom is -0.461 e. The standard InChI is InChI=1S/C10H11N3O3/c1-11-8(14)4-5-9-12-10(13-16-9)7-3-2-6-15-7/h2-3,6H,4-5H2,1H3,(H,11,14). The average molecular weight is 221 g/mol. The number of furan rings is 1. The lowest BCUT2D eigenvalue weighted by Crippen LogP contribution is -2.17. The van der Waals surface area contributed by atoms with Gasteiger partial charge in [0.15, 0.2) is 5.76 Å². The molecule has 0 spiro atoms. The van der Waals surface area contributed by atoms with Crippen LogP contribution in [0.1, 0.15) is 12.3 Å². The summed E-state index contributed by atoms with van der Waals surface area (Å²) < 4.78 is 10.1. The molecule has 1 amide bonds. The molecule has 0 aliphatic heterocycles. The van der Waals surface area contributed by atoms with E-state index in [1.807, 2.05) is 0 Å². The van der Waals surface area contributed by atoms with Crippen molar-refractivity contribution in [1.82, 2.24) is 15.5 Å². The van der Waals surface area contributed by atoms with Gasteiger partial charge in [-0.3, -0.25) is 4.79 Å². The van der Waals surface area contributed by atoms with Crippen LogP contribution in [0.4, 0.5) is 0 Å². The molecule has 0 aliphatic rings.